The number of primary amides is 1. The summed E-state index contributed by atoms with van der Waals surface area (Å²) in [7, 11) is 1.94. The zero-order valence-corrected chi connectivity index (χ0v) is 15.5. The Hall–Kier alpha value is -3.80. The number of hydrogen-bond acceptors (Lipinski definition) is 4. The molecule has 0 atom stereocenters. The van der Waals surface area contributed by atoms with E-state index >= 15 is 0 Å². The fourth-order valence-corrected chi connectivity index (χ4v) is 2.74. The maximum absolute atomic E-state index is 12.4. The summed E-state index contributed by atoms with van der Waals surface area (Å²) in [5.74, 6) is -0.452. The molecule has 0 aliphatic rings. The molecule has 6 nitrogen and oxygen atoms in total. The molecule has 6 heteroatoms. The second-order valence-corrected chi connectivity index (χ2v) is 6.14. The minimum Gasteiger partial charge on any atom is -0.484 e. The Morgan fingerprint density at radius 3 is 2.43 bits per heavy atom. The van der Waals surface area contributed by atoms with Gasteiger partial charge in [-0.2, -0.15) is 0 Å². The van der Waals surface area contributed by atoms with Crippen LogP contribution in [0.3, 0.4) is 0 Å². The Bertz CT molecular complexity index is 974. The Morgan fingerprint density at radius 2 is 1.68 bits per heavy atom. The molecule has 0 saturated carbocycles. The molecule has 0 heterocycles. The largest absolute Gasteiger partial charge is 0.484 e. The summed E-state index contributed by atoms with van der Waals surface area (Å²) in [6.45, 7) is -0.189. The highest BCUT2D eigenvalue weighted by molar-refractivity contribution is 5.96. The third-order valence-corrected chi connectivity index (χ3v) is 4.17. The Balaban J connectivity index is 1.68. The molecule has 2 amide bonds. The number of benzene rings is 3. The topological polar surface area (TPSA) is 84.7 Å². The highest BCUT2D eigenvalue weighted by Gasteiger charge is 2.12. The minimum absolute atomic E-state index is 0.189. The summed E-state index contributed by atoms with van der Waals surface area (Å²) in [6.07, 6.45) is 0. The van der Waals surface area contributed by atoms with E-state index in [1.807, 2.05) is 66.5 Å². The molecule has 3 aromatic carbocycles. The van der Waals surface area contributed by atoms with Crippen molar-refractivity contribution in [3.05, 3.63) is 84.4 Å². The van der Waals surface area contributed by atoms with Crippen molar-refractivity contribution >= 4 is 28.9 Å². The number of nitrogens with one attached hydrogen (secondary N) is 1. The predicted molar refractivity (Wildman–Crippen MR) is 110 cm³/mol. The first-order valence-electron chi connectivity index (χ1n) is 8.75. The molecule has 0 aromatic heterocycles. The van der Waals surface area contributed by atoms with Crippen LogP contribution in [-0.2, 0) is 4.79 Å². The number of anilines is 3. The third kappa shape index (κ3) is 4.67. The molecule has 3 aromatic rings. The molecule has 142 valence electrons. The number of ether oxygens (including phenoxy) is 1. The fourth-order valence-electron chi connectivity index (χ4n) is 2.74. The molecule has 0 spiro atoms. The smallest absolute Gasteiger partial charge is 0.262 e. The van der Waals surface area contributed by atoms with Gasteiger partial charge < -0.3 is 20.7 Å². The number of para-hydroxylation sites is 3. The third-order valence-electron chi connectivity index (χ3n) is 4.17. The average molecular weight is 375 g/mol. The van der Waals surface area contributed by atoms with E-state index in [0.717, 1.165) is 11.4 Å². The van der Waals surface area contributed by atoms with Gasteiger partial charge in [0.1, 0.15) is 5.75 Å². The normalized spacial score (nSPS) is 10.2. The van der Waals surface area contributed by atoms with Gasteiger partial charge >= 0.3 is 0 Å². The quantitative estimate of drug-likeness (QED) is 0.661. The molecular weight excluding hydrogens is 354 g/mol. The van der Waals surface area contributed by atoms with E-state index in [9.17, 15) is 9.59 Å². The lowest BCUT2D eigenvalue weighted by atomic mass is 10.2. The molecule has 0 radical (unpaired) electrons. The molecular formula is C22H21N3O3. The van der Waals surface area contributed by atoms with Crippen molar-refractivity contribution in [2.75, 3.05) is 23.9 Å². The van der Waals surface area contributed by atoms with Crippen molar-refractivity contribution in [3.8, 4) is 5.75 Å². The molecule has 0 saturated heterocycles. The summed E-state index contributed by atoms with van der Waals surface area (Å²) in [5, 5.41) is 2.87. The van der Waals surface area contributed by atoms with Crippen LogP contribution in [0.4, 0.5) is 17.1 Å². The second kappa shape index (κ2) is 8.73. The summed E-state index contributed by atoms with van der Waals surface area (Å²) in [4.78, 5) is 25.6. The van der Waals surface area contributed by atoms with Gasteiger partial charge in [-0.1, -0.05) is 36.4 Å². The molecule has 0 aliphatic heterocycles. The Morgan fingerprint density at radius 1 is 0.964 bits per heavy atom. The van der Waals surface area contributed by atoms with Crippen LogP contribution in [0.2, 0.25) is 0 Å². The van der Waals surface area contributed by atoms with Gasteiger partial charge in [0.2, 0.25) is 5.91 Å². The number of carbonyl (C=O) groups excluding carboxylic acids is 2. The molecule has 3 rings (SSSR count). The maximum atomic E-state index is 12.4. The van der Waals surface area contributed by atoms with Crippen molar-refractivity contribution < 1.29 is 14.3 Å². The zero-order chi connectivity index (χ0) is 19.9. The van der Waals surface area contributed by atoms with Gasteiger partial charge in [0, 0.05) is 18.3 Å². The van der Waals surface area contributed by atoms with Crippen molar-refractivity contribution in [2.24, 2.45) is 5.73 Å². The molecule has 0 aliphatic carbocycles. The van der Waals surface area contributed by atoms with Gasteiger partial charge in [0.25, 0.3) is 5.91 Å². The van der Waals surface area contributed by atoms with E-state index in [1.165, 1.54) is 6.07 Å². The van der Waals surface area contributed by atoms with Gasteiger partial charge in [-0.3, -0.25) is 9.59 Å². The Labute approximate surface area is 163 Å². The zero-order valence-electron chi connectivity index (χ0n) is 15.5. The van der Waals surface area contributed by atoms with Crippen LogP contribution in [0.5, 0.6) is 5.75 Å². The van der Waals surface area contributed by atoms with Crippen LogP contribution < -0.4 is 20.7 Å². The molecule has 3 N–H and O–H groups in total. The number of rotatable bonds is 7. The van der Waals surface area contributed by atoms with E-state index in [-0.39, 0.29) is 12.5 Å². The lowest BCUT2D eigenvalue weighted by Crippen LogP contribution is -2.22. The van der Waals surface area contributed by atoms with Gasteiger partial charge in [-0.25, -0.2) is 0 Å². The standard InChI is InChI=1S/C22H21N3O3/c1-25(17-9-3-2-4-10-17)20-13-6-5-12-19(20)24-21(26)15-28-18-11-7-8-16(14-18)22(23)27/h2-14H,15H2,1H3,(H2,23,27)(H,24,26). The lowest BCUT2D eigenvalue weighted by Gasteiger charge is -2.22. The molecule has 0 bridgehead atoms. The van der Waals surface area contributed by atoms with Crippen LogP contribution >= 0.6 is 0 Å². The summed E-state index contributed by atoms with van der Waals surface area (Å²) in [6, 6.07) is 23.8. The minimum atomic E-state index is -0.548. The summed E-state index contributed by atoms with van der Waals surface area (Å²) >= 11 is 0. The average Bonchev–Trinajstić information content (AvgIpc) is 2.73. The van der Waals surface area contributed by atoms with E-state index in [0.29, 0.717) is 17.0 Å². The first kappa shape index (κ1) is 19.0. The molecule has 28 heavy (non-hydrogen) atoms. The monoisotopic (exact) mass is 375 g/mol. The van der Waals surface area contributed by atoms with Crippen LogP contribution in [0, 0.1) is 0 Å². The number of carbonyl (C=O) groups is 2. The van der Waals surface area contributed by atoms with E-state index in [2.05, 4.69) is 5.32 Å². The summed E-state index contributed by atoms with van der Waals surface area (Å²) in [5.41, 5.74) is 8.12. The van der Waals surface area contributed by atoms with E-state index < -0.39 is 5.91 Å². The van der Waals surface area contributed by atoms with Crippen molar-refractivity contribution in [3.63, 3.8) is 0 Å². The number of nitrogens with zero attached hydrogens (tertiary/aromatic N) is 1. The van der Waals surface area contributed by atoms with Crippen LogP contribution in [0.25, 0.3) is 0 Å². The fraction of sp³-hybridized carbons (Fsp3) is 0.0909. The van der Waals surface area contributed by atoms with Crippen LogP contribution in [0.15, 0.2) is 78.9 Å². The van der Waals surface area contributed by atoms with E-state index in [1.54, 1.807) is 18.2 Å². The highest BCUT2D eigenvalue weighted by atomic mass is 16.5. The van der Waals surface area contributed by atoms with Gasteiger partial charge in [-0.05, 0) is 42.5 Å². The maximum Gasteiger partial charge on any atom is 0.262 e. The first-order valence-corrected chi connectivity index (χ1v) is 8.75. The number of amides is 2. The predicted octanol–water partition coefficient (Wildman–Crippen LogP) is 3.57. The van der Waals surface area contributed by atoms with Crippen LogP contribution in [-0.4, -0.2) is 25.5 Å². The van der Waals surface area contributed by atoms with E-state index in [4.69, 9.17) is 10.5 Å². The van der Waals surface area contributed by atoms with Crippen molar-refractivity contribution in [1.82, 2.24) is 0 Å². The lowest BCUT2D eigenvalue weighted by molar-refractivity contribution is -0.118. The molecule has 0 fully saturated rings. The van der Waals surface area contributed by atoms with Crippen molar-refractivity contribution in [1.29, 1.82) is 0 Å². The van der Waals surface area contributed by atoms with Gasteiger partial charge in [0.15, 0.2) is 6.61 Å². The number of hydrogen-bond donors (Lipinski definition) is 2. The highest BCUT2D eigenvalue weighted by Crippen LogP contribution is 2.30. The van der Waals surface area contributed by atoms with Crippen molar-refractivity contribution in [2.45, 2.75) is 0 Å². The molecule has 0 unspecified atom stereocenters. The SMILES string of the molecule is CN(c1ccccc1)c1ccccc1NC(=O)COc1cccc(C(N)=O)c1. The number of nitrogens with two attached hydrogens (primary N) is 1. The summed E-state index contributed by atoms with van der Waals surface area (Å²) < 4.78 is 5.48. The van der Waals surface area contributed by atoms with Gasteiger partial charge in [0.05, 0.1) is 11.4 Å². The Kier molecular flexibility index (Phi) is 5.91. The second-order valence-electron chi connectivity index (χ2n) is 6.14. The van der Waals surface area contributed by atoms with Gasteiger partial charge in [-0.15, -0.1) is 0 Å². The van der Waals surface area contributed by atoms with Crippen LogP contribution in [0.1, 0.15) is 10.4 Å². The first-order chi connectivity index (χ1) is 13.5.